The quantitative estimate of drug-likeness (QED) is 0.534. The number of amides is 1. The molecule has 1 fully saturated rings. The van der Waals surface area contributed by atoms with Gasteiger partial charge in [0.1, 0.15) is 5.82 Å². The number of hydrogen-bond donors (Lipinski definition) is 3. The summed E-state index contributed by atoms with van der Waals surface area (Å²) in [6.07, 6.45) is 0. The zero-order valence-corrected chi connectivity index (χ0v) is 17.7. The lowest BCUT2D eigenvalue weighted by Gasteiger charge is -2.27. The molecule has 2 heterocycles. The number of rotatable bonds is 5. The number of benzene rings is 3. The Morgan fingerprint density at radius 1 is 0.969 bits per heavy atom. The number of nitrogens with one attached hydrogen (secondary N) is 3. The van der Waals surface area contributed by atoms with Gasteiger partial charge in [-0.3, -0.25) is 9.69 Å². The highest BCUT2D eigenvalue weighted by Gasteiger charge is 2.28. The maximum Gasteiger partial charge on any atom is 0.258 e. The second-order valence-electron chi connectivity index (χ2n) is 8.11. The molecule has 3 N–H and O–H groups in total. The first-order valence-corrected chi connectivity index (χ1v) is 10.9. The van der Waals surface area contributed by atoms with Crippen molar-refractivity contribution >= 4 is 28.6 Å². The number of hydrogen-bond acceptors (Lipinski definition) is 4. The largest absolute Gasteiger partial charge is 0.354 e. The topological polar surface area (TPSA) is 56.4 Å². The van der Waals surface area contributed by atoms with Gasteiger partial charge >= 0.3 is 0 Å². The first kappa shape index (κ1) is 20.4. The molecule has 0 bridgehead atoms. The van der Waals surface area contributed by atoms with Gasteiger partial charge in [-0.05, 0) is 41.5 Å². The normalized spacial score (nSPS) is 17.6. The molecule has 32 heavy (non-hydrogen) atoms. The molecule has 3 aromatic carbocycles. The van der Waals surface area contributed by atoms with Gasteiger partial charge in [-0.2, -0.15) is 0 Å². The molecular formula is C26H25FN4O. The molecule has 1 amide bonds. The maximum absolute atomic E-state index is 13.7. The number of carbonyl (C=O) groups excluding carboxylic acids is 1. The number of halogens is 1. The highest BCUT2D eigenvalue weighted by molar-refractivity contribution is 6.37. The lowest BCUT2D eigenvalue weighted by molar-refractivity contribution is -0.110. The summed E-state index contributed by atoms with van der Waals surface area (Å²) in [5.74, 6) is -0.619. The molecule has 0 unspecified atom stereocenters. The van der Waals surface area contributed by atoms with E-state index in [4.69, 9.17) is 0 Å². The van der Waals surface area contributed by atoms with Gasteiger partial charge in [-0.15, -0.1) is 0 Å². The molecule has 5 nitrogen and oxygen atoms in total. The molecule has 1 saturated heterocycles. The second kappa shape index (κ2) is 8.94. The number of piperazine rings is 1. The van der Waals surface area contributed by atoms with E-state index < -0.39 is 0 Å². The van der Waals surface area contributed by atoms with Crippen LogP contribution >= 0.6 is 0 Å². The van der Waals surface area contributed by atoms with Gasteiger partial charge in [-0.1, -0.05) is 42.5 Å². The van der Waals surface area contributed by atoms with E-state index >= 15 is 0 Å². The van der Waals surface area contributed by atoms with E-state index in [-0.39, 0.29) is 11.7 Å². The van der Waals surface area contributed by atoms with Gasteiger partial charge < -0.3 is 16.0 Å². The molecule has 0 aromatic heterocycles. The Morgan fingerprint density at radius 2 is 1.72 bits per heavy atom. The van der Waals surface area contributed by atoms with Crippen LogP contribution in [0.2, 0.25) is 0 Å². The van der Waals surface area contributed by atoms with Crippen LogP contribution in [0.1, 0.15) is 16.7 Å². The van der Waals surface area contributed by atoms with E-state index in [1.54, 1.807) is 6.07 Å². The van der Waals surface area contributed by atoms with Gasteiger partial charge in [0.15, 0.2) is 0 Å². The SMILES string of the molecule is O=C1Nc2cc(F)ccc2C1=C(Nc1ccc(CN2CCNCC2)cc1)c1ccccc1. The fourth-order valence-electron chi connectivity index (χ4n) is 4.24. The zero-order valence-electron chi connectivity index (χ0n) is 17.7. The van der Waals surface area contributed by atoms with Crippen molar-refractivity contribution in [3.8, 4) is 0 Å². The Bertz CT molecular complexity index is 1150. The lowest BCUT2D eigenvalue weighted by Crippen LogP contribution is -2.42. The van der Waals surface area contributed by atoms with Crippen molar-refractivity contribution in [2.45, 2.75) is 6.54 Å². The minimum absolute atomic E-state index is 0.243. The monoisotopic (exact) mass is 428 g/mol. The van der Waals surface area contributed by atoms with E-state index in [0.29, 0.717) is 22.5 Å². The van der Waals surface area contributed by atoms with Crippen LogP contribution in [0.5, 0.6) is 0 Å². The van der Waals surface area contributed by atoms with E-state index in [0.717, 1.165) is 44.0 Å². The van der Waals surface area contributed by atoms with Crippen LogP contribution in [0, 0.1) is 5.82 Å². The summed E-state index contributed by atoms with van der Waals surface area (Å²) in [5, 5.41) is 9.62. The minimum Gasteiger partial charge on any atom is -0.354 e. The third kappa shape index (κ3) is 4.28. The predicted molar refractivity (Wildman–Crippen MR) is 126 cm³/mol. The van der Waals surface area contributed by atoms with Crippen LogP contribution in [0.3, 0.4) is 0 Å². The van der Waals surface area contributed by atoms with E-state index in [1.807, 2.05) is 42.5 Å². The highest BCUT2D eigenvalue weighted by Crippen LogP contribution is 2.37. The van der Waals surface area contributed by atoms with Crippen molar-refractivity contribution in [1.82, 2.24) is 10.2 Å². The number of fused-ring (bicyclic) bond motifs is 1. The van der Waals surface area contributed by atoms with Crippen LogP contribution in [-0.2, 0) is 11.3 Å². The molecule has 162 valence electrons. The summed E-state index contributed by atoms with van der Waals surface area (Å²) in [6, 6.07) is 22.4. The highest BCUT2D eigenvalue weighted by atomic mass is 19.1. The van der Waals surface area contributed by atoms with Gasteiger partial charge in [0.05, 0.1) is 17.0 Å². The van der Waals surface area contributed by atoms with Crippen LogP contribution in [0.15, 0.2) is 72.8 Å². The Labute approximate surface area is 187 Å². The van der Waals surface area contributed by atoms with Crippen LogP contribution < -0.4 is 16.0 Å². The molecule has 5 rings (SSSR count). The smallest absolute Gasteiger partial charge is 0.258 e. The number of anilines is 2. The average Bonchev–Trinajstić information content (AvgIpc) is 3.14. The first-order valence-electron chi connectivity index (χ1n) is 10.9. The van der Waals surface area contributed by atoms with Crippen molar-refractivity contribution in [1.29, 1.82) is 0 Å². The lowest BCUT2D eigenvalue weighted by atomic mass is 10.00. The Balaban J connectivity index is 1.47. The Morgan fingerprint density at radius 3 is 2.47 bits per heavy atom. The van der Waals surface area contributed by atoms with Crippen molar-refractivity contribution in [3.63, 3.8) is 0 Å². The van der Waals surface area contributed by atoms with Crippen molar-refractivity contribution in [3.05, 3.63) is 95.3 Å². The summed E-state index contributed by atoms with van der Waals surface area (Å²) in [6.45, 7) is 5.09. The van der Waals surface area contributed by atoms with Crippen LogP contribution in [0.4, 0.5) is 15.8 Å². The number of nitrogens with zero attached hydrogens (tertiary/aromatic N) is 1. The average molecular weight is 429 g/mol. The van der Waals surface area contributed by atoms with E-state index in [1.165, 1.54) is 17.7 Å². The molecule has 0 saturated carbocycles. The van der Waals surface area contributed by atoms with E-state index in [2.05, 4.69) is 33.0 Å². The first-order chi connectivity index (χ1) is 15.7. The van der Waals surface area contributed by atoms with Crippen molar-refractivity contribution < 1.29 is 9.18 Å². The Kier molecular flexibility index (Phi) is 5.71. The van der Waals surface area contributed by atoms with Gasteiger partial charge in [0.2, 0.25) is 0 Å². The summed E-state index contributed by atoms with van der Waals surface area (Å²) in [4.78, 5) is 15.3. The molecule has 0 spiro atoms. The number of carbonyl (C=O) groups is 1. The Hall–Kier alpha value is -3.48. The van der Waals surface area contributed by atoms with Crippen molar-refractivity contribution in [2.24, 2.45) is 0 Å². The molecule has 0 aliphatic carbocycles. The van der Waals surface area contributed by atoms with Crippen LogP contribution in [0.25, 0.3) is 11.3 Å². The summed E-state index contributed by atoms with van der Waals surface area (Å²) >= 11 is 0. The third-order valence-electron chi connectivity index (χ3n) is 5.88. The van der Waals surface area contributed by atoms with Gasteiger partial charge in [0.25, 0.3) is 5.91 Å². The van der Waals surface area contributed by atoms with Gasteiger partial charge in [0, 0.05) is 44.0 Å². The zero-order chi connectivity index (χ0) is 21.9. The summed E-state index contributed by atoms with van der Waals surface area (Å²) in [7, 11) is 0. The minimum atomic E-state index is -0.375. The molecule has 2 aliphatic rings. The van der Waals surface area contributed by atoms with Crippen LogP contribution in [-0.4, -0.2) is 37.0 Å². The fourth-order valence-corrected chi connectivity index (χ4v) is 4.24. The maximum atomic E-state index is 13.7. The van der Waals surface area contributed by atoms with Gasteiger partial charge in [-0.25, -0.2) is 4.39 Å². The van der Waals surface area contributed by atoms with E-state index in [9.17, 15) is 9.18 Å². The second-order valence-corrected chi connectivity index (χ2v) is 8.11. The molecule has 2 aliphatic heterocycles. The molecule has 3 aromatic rings. The molecule has 6 heteroatoms. The van der Waals surface area contributed by atoms with Crippen molar-refractivity contribution in [2.75, 3.05) is 36.8 Å². The molecular weight excluding hydrogens is 403 g/mol. The summed E-state index contributed by atoms with van der Waals surface area (Å²) < 4.78 is 13.7. The third-order valence-corrected chi connectivity index (χ3v) is 5.88. The predicted octanol–water partition coefficient (Wildman–Crippen LogP) is 4.16. The fraction of sp³-hybridized carbons (Fsp3) is 0.192. The summed E-state index contributed by atoms with van der Waals surface area (Å²) in [5.41, 5.74) is 5.43. The standard InChI is InChI=1S/C26H25FN4O/c27-20-8-11-22-23(16-20)30-26(32)24(22)25(19-4-2-1-3-5-19)29-21-9-6-18(7-10-21)17-31-14-12-28-13-15-31/h1-11,16,28-29H,12-15,17H2,(H,30,32). The molecule has 0 radical (unpaired) electrons. The molecule has 0 atom stereocenters.